The van der Waals surface area contributed by atoms with Gasteiger partial charge in [0.05, 0.1) is 17.9 Å². The predicted molar refractivity (Wildman–Crippen MR) is 65.0 cm³/mol. The van der Waals surface area contributed by atoms with Crippen LogP contribution in [0.4, 0.5) is 4.39 Å². The highest BCUT2D eigenvalue weighted by Gasteiger charge is 2.09. The molecule has 0 N–H and O–H groups in total. The van der Waals surface area contributed by atoms with E-state index in [4.69, 9.17) is 0 Å². The maximum atomic E-state index is 12.8. The van der Waals surface area contributed by atoms with Crippen molar-refractivity contribution in [2.24, 2.45) is 0 Å². The van der Waals surface area contributed by atoms with Crippen LogP contribution in [0.15, 0.2) is 30.6 Å². The minimum absolute atomic E-state index is 0.326. The van der Waals surface area contributed by atoms with Gasteiger partial charge in [-0.05, 0) is 31.0 Å². The van der Waals surface area contributed by atoms with Crippen LogP contribution >= 0.6 is 0 Å². The Morgan fingerprint density at radius 2 is 1.94 bits per heavy atom. The molecule has 2 aromatic heterocycles. The largest absolute Gasteiger partial charge is 0.269 e. The van der Waals surface area contributed by atoms with Crippen molar-refractivity contribution >= 4 is 0 Å². The molecule has 0 unspecified atom stereocenters. The zero-order valence-corrected chi connectivity index (χ0v) is 10.1. The van der Waals surface area contributed by atoms with Gasteiger partial charge >= 0.3 is 0 Å². The Bertz CT molecular complexity index is 472. The Labute approximate surface area is 100 Å². The first kappa shape index (κ1) is 11.8. The Kier molecular flexibility index (Phi) is 3.52. The van der Waals surface area contributed by atoms with Crippen molar-refractivity contribution in [2.45, 2.75) is 32.7 Å². The first-order valence-corrected chi connectivity index (χ1v) is 5.91. The monoisotopic (exact) mass is 233 g/mol. The van der Waals surface area contributed by atoms with Gasteiger partial charge in [0.1, 0.15) is 11.5 Å². The summed E-state index contributed by atoms with van der Waals surface area (Å²) >= 11 is 0. The maximum Gasteiger partial charge on any atom is 0.141 e. The molecule has 0 amide bonds. The average molecular weight is 233 g/mol. The van der Waals surface area contributed by atoms with Crippen LogP contribution in [0.2, 0.25) is 0 Å². The van der Waals surface area contributed by atoms with Crippen LogP contribution in [0.25, 0.3) is 11.4 Å². The van der Waals surface area contributed by atoms with Gasteiger partial charge in [-0.15, -0.1) is 0 Å². The van der Waals surface area contributed by atoms with Crippen molar-refractivity contribution in [1.82, 2.24) is 14.8 Å². The van der Waals surface area contributed by atoms with E-state index >= 15 is 0 Å². The highest BCUT2D eigenvalue weighted by atomic mass is 19.1. The standard InChI is InChI=1S/C13H16FN3/c1-3-11(4-2)17-8-7-13(16-17)12-6-5-10(14)9-15-12/h5-9,11H,3-4H2,1-2H3. The van der Waals surface area contributed by atoms with E-state index in [0.29, 0.717) is 11.7 Å². The molecule has 0 saturated carbocycles. The van der Waals surface area contributed by atoms with E-state index in [1.165, 1.54) is 12.3 Å². The number of nitrogens with zero attached hydrogens (tertiary/aromatic N) is 3. The molecule has 4 heteroatoms. The minimum atomic E-state index is -0.326. The van der Waals surface area contributed by atoms with Crippen LogP contribution < -0.4 is 0 Å². The highest BCUT2D eigenvalue weighted by Crippen LogP contribution is 2.19. The van der Waals surface area contributed by atoms with Crippen LogP contribution in [0, 0.1) is 5.82 Å². The molecule has 0 bridgehead atoms. The SMILES string of the molecule is CCC(CC)n1ccc(-c2ccc(F)cn2)n1. The van der Waals surface area contributed by atoms with Crippen molar-refractivity contribution in [3.05, 3.63) is 36.4 Å². The average Bonchev–Trinajstić information content (AvgIpc) is 2.81. The molecule has 0 aliphatic rings. The summed E-state index contributed by atoms with van der Waals surface area (Å²) in [5.74, 6) is -0.326. The number of pyridine rings is 1. The predicted octanol–water partition coefficient (Wildman–Crippen LogP) is 3.45. The fourth-order valence-electron chi connectivity index (χ4n) is 1.87. The molecule has 2 aromatic rings. The van der Waals surface area contributed by atoms with E-state index < -0.39 is 0 Å². The molecule has 0 atom stereocenters. The highest BCUT2D eigenvalue weighted by molar-refractivity contribution is 5.52. The molecule has 90 valence electrons. The second kappa shape index (κ2) is 5.08. The van der Waals surface area contributed by atoms with Gasteiger partial charge in [0, 0.05) is 6.20 Å². The molecular weight excluding hydrogens is 217 g/mol. The van der Waals surface area contributed by atoms with Gasteiger partial charge in [0.25, 0.3) is 0 Å². The number of aromatic nitrogens is 3. The number of hydrogen-bond donors (Lipinski definition) is 0. The first-order valence-electron chi connectivity index (χ1n) is 5.91. The molecule has 0 fully saturated rings. The van der Waals surface area contributed by atoms with Gasteiger partial charge in [0.15, 0.2) is 0 Å². The van der Waals surface area contributed by atoms with Crippen molar-refractivity contribution < 1.29 is 4.39 Å². The Morgan fingerprint density at radius 1 is 1.18 bits per heavy atom. The minimum Gasteiger partial charge on any atom is -0.269 e. The molecule has 17 heavy (non-hydrogen) atoms. The fourth-order valence-corrected chi connectivity index (χ4v) is 1.87. The summed E-state index contributed by atoms with van der Waals surface area (Å²) in [5.41, 5.74) is 1.49. The summed E-state index contributed by atoms with van der Waals surface area (Å²) in [6.07, 6.45) is 5.27. The van der Waals surface area contributed by atoms with Gasteiger partial charge in [-0.3, -0.25) is 9.67 Å². The zero-order valence-electron chi connectivity index (χ0n) is 10.1. The lowest BCUT2D eigenvalue weighted by atomic mass is 10.2. The van der Waals surface area contributed by atoms with Crippen LogP contribution in [0.3, 0.4) is 0 Å². The zero-order chi connectivity index (χ0) is 12.3. The molecule has 0 spiro atoms. The lowest BCUT2D eigenvalue weighted by molar-refractivity contribution is 0.429. The molecule has 0 aromatic carbocycles. The van der Waals surface area contributed by atoms with Crippen LogP contribution in [0.1, 0.15) is 32.7 Å². The van der Waals surface area contributed by atoms with E-state index in [-0.39, 0.29) is 5.82 Å². The molecule has 0 radical (unpaired) electrons. The quantitative estimate of drug-likeness (QED) is 0.809. The van der Waals surface area contributed by atoms with Crippen LogP contribution in [-0.4, -0.2) is 14.8 Å². The second-order valence-electron chi connectivity index (χ2n) is 4.01. The first-order chi connectivity index (χ1) is 8.24. The van der Waals surface area contributed by atoms with E-state index in [1.807, 2.05) is 16.9 Å². The molecule has 0 saturated heterocycles. The summed E-state index contributed by atoms with van der Waals surface area (Å²) in [6, 6.07) is 5.38. The fraction of sp³-hybridized carbons (Fsp3) is 0.385. The lowest BCUT2D eigenvalue weighted by Crippen LogP contribution is -2.07. The topological polar surface area (TPSA) is 30.7 Å². The third-order valence-corrected chi connectivity index (χ3v) is 2.91. The Hall–Kier alpha value is -1.71. The van der Waals surface area contributed by atoms with Gasteiger partial charge in [-0.25, -0.2) is 4.39 Å². The van der Waals surface area contributed by atoms with E-state index in [9.17, 15) is 4.39 Å². The van der Waals surface area contributed by atoms with E-state index in [0.717, 1.165) is 18.5 Å². The third kappa shape index (κ3) is 2.52. The summed E-state index contributed by atoms with van der Waals surface area (Å²) in [5, 5.41) is 4.48. The normalized spacial score (nSPS) is 11.1. The van der Waals surface area contributed by atoms with Crippen LogP contribution in [-0.2, 0) is 0 Å². The molecular formula is C13H16FN3. The molecule has 0 aliphatic heterocycles. The van der Waals surface area contributed by atoms with Gasteiger partial charge in [-0.1, -0.05) is 13.8 Å². The summed E-state index contributed by atoms with van der Waals surface area (Å²) < 4.78 is 14.7. The summed E-state index contributed by atoms with van der Waals surface area (Å²) in [4.78, 5) is 4.02. The Morgan fingerprint density at radius 3 is 2.53 bits per heavy atom. The Balaban J connectivity index is 2.26. The smallest absolute Gasteiger partial charge is 0.141 e. The molecule has 3 nitrogen and oxygen atoms in total. The number of hydrogen-bond acceptors (Lipinski definition) is 2. The third-order valence-electron chi connectivity index (χ3n) is 2.91. The van der Waals surface area contributed by atoms with Crippen LogP contribution in [0.5, 0.6) is 0 Å². The van der Waals surface area contributed by atoms with Gasteiger partial charge in [-0.2, -0.15) is 5.10 Å². The van der Waals surface area contributed by atoms with E-state index in [2.05, 4.69) is 23.9 Å². The summed E-state index contributed by atoms with van der Waals surface area (Å²) in [7, 11) is 0. The summed E-state index contributed by atoms with van der Waals surface area (Å²) in [6.45, 7) is 4.29. The molecule has 2 rings (SSSR count). The number of rotatable bonds is 4. The van der Waals surface area contributed by atoms with E-state index in [1.54, 1.807) is 6.07 Å². The second-order valence-corrected chi connectivity index (χ2v) is 4.01. The lowest BCUT2D eigenvalue weighted by Gasteiger charge is -2.12. The van der Waals surface area contributed by atoms with Crippen molar-refractivity contribution in [3.8, 4) is 11.4 Å². The molecule has 0 aliphatic carbocycles. The van der Waals surface area contributed by atoms with Crippen molar-refractivity contribution in [1.29, 1.82) is 0 Å². The van der Waals surface area contributed by atoms with Crippen molar-refractivity contribution in [3.63, 3.8) is 0 Å². The molecule has 2 heterocycles. The van der Waals surface area contributed by atoms with Gasteiger partial charge < -0.3 is 0 Å². The maximum absolute atomic E-state index is 12.8. The number of halogens is 1. The van der Waals surface area contributed by atoms with Crippen molar-refractivity contribution in [2.75, 3.05) is 0 Å². The van der Waals surface area contributed by atoms with Gasteiger partial charge in [0.2, 0.25) is 0 Å².